The number of aliphatic hydroxyl groups is 2. The standard InChI is InChI=1S/C27H32ClN7O3S/c1-26(2,37)16-13-35(14-16)24-21(28)19(5-9-30-24)39-20-12-32-23(18(15-36)33-20)34-10-6-27(7-11-34)22(29)17-4-3-8-31-25(17)38-27/h3-5,8-9,12,16,22,36-37H,6-7,10-11,13-15,29H2,1-2H3/t22-/m1/s1. The summed E-state index contributed by atoms with van der Waals surface area (Å²) < 4.78 is 6.26. The fraction of sp³-hybridized carbons (Fsp3) is 0.481. The van der Waals surface area contributed by atoms with Crippen molar-refractivity contribution >= 4 is 35.0 Å². The summed E-state index contributed by atoms with van der Waals surface area (Å²) in [6.07, 6.45) is 6.59. The van der Waals surface area contributed by atoms with E-state index < -0.39 is 11.2 Å². The molecule has 0 aromatic carbocycles. The molecule has 3 aromatic heterocycles. The summed E-state index contributed by atoms with van der Waals surface area (Å²) in [5.41, 5.74) is 6.84. The molecule has 6 rings (SSSR count). The van der Waals surface area contributed by atoms with Crippen molar-refractivity contribution in [1.29, 1.82) is 0 Å². The Morgan fingerprint density at radius 2 is 1.90 bits per heavy atom. The number of aromatic nitrogens is 4. The van der Waals surface area contributed by atoms with E-state index in [1.807, 2.05) is 32.0 Å². The molecule has 6 heterocycles. The van der Waals surface area contributed by atoms with Crippen molar-refractivity contribution in [2.75, 3.05) is 36.0 Å². The number of halogens is 1. The number of hydrogen-bond acceptors (Lipinski definition) is 11. The highest BCUT2D eigenvalue weighted by molar-refractivity contribution is 7.99. The summed E-state index contributed by atoms with van der Waals surface area (Å²) in [5.74, 6) is 2.16. The molecule has 2 saturated heterocycles. The van der Waals surface area contributed by atoms with E-state index >= 15 is 0 Å². The van der Waals surface area contributed by atoms with Gasteiger partial charge in [0.2, 0.25) is 5.88 Å². The first-order valence-electron chi connectivity index (χ1n) is 13.1. The first kappa shape index (κ1) is 26.5. The lowest BCUT2D eigenvalue weighted by Crippen LogP contribution is -2.56. The van der Waals surface area contributed by atoms with E-state index in [2.05, 4.69) is 19.8 Å². The second-order valence-electron chi connectivity index (χ2n) is 11.0. The Hall–Kier alpha value is -2.70. The molecule has 0 radical (unpaired) electrons. The zero-order chi connectivity index (χ0) is 27.4. The van der Waals surface area contributed by atoms with Crippen molar-refractivity contribution in [1.82, 2.24) is 19.9 Å². The maximum atomic E-state index is 10.3. The van der Waals surface area contributed by atoms with Gasteiger partial charge in [-0.25, -0.2) is 19.9 Å². The van der Waals surface area contributed by atoms with Gasteiger partial charge in [0.1, 0.15) is 22.1 Å². The molecule has 1 spiro atoms. The number of piperidine rings is 1. The zero-order valence-corrected chi connectivity index (χ0v) is 23.5. The van der Waals surface area contributed by atoms with Gasteiger partial charge in [-0.3, -0.25) is 0 Å². The molecule has 4 N–H and O–H groups in total. The van der Waals surface area contributed by atoms with Crippen LogP contribution in [0.5, 0.6) is 5.88 Å². The SMILES string of the molecule is CC(C)(O)C1CN(c2nccc(Sc3cnc(N4CCC5(CC4)Oc4ncccc4[C@H]5N)c(CO)n3)c2Cl)C1. The van der Waals surface area contributed by atoms with Crippen molar-refractivity contribution < 1.29 is 14.9 Å². The van der Waals surface area contributed by atoms with Crippen molar-refractivity contribution in [2.45, 2.75) is 60.5 Å². The van der Waals surface area contributed by atoms with Gasteiger partial charge in [0, 0.05) is 67.8 Å². The number of rotatable bonds is 6. The third kappa shape index (κ3) is 4.80. The molecular formula is C27H32ClN7O3S. The summed E-state index contributed by atoms with van der Waals surface area (Å²) in [7, 11) is 0. The second kappa shape index (κ2) is 10.0. The van der Waals surface area contributed by atoms with Crippen LogP contribution in [0.4, 0.5) is 11.6 Å². The molecular weight excluding hydrogens is 538 g/mol. The van der Waals surface area contributed by atoms with Crippen molar-refractivity contribution in [3.05, 3.63) is 53.1 Å². The van der Waals surface area contributed by atoms with Crippen LogP contribution in [0.3, 0.4) is 0 Å². The quantitative estimate of drug-likeness (QED) is 0.404. The van der Waals surface area contributed by atoms with Crippen molar-refractivity contribution in [2.24, 2.45) is 11.7 Å². The molecule has 12 heteroatoms. The number of nitrogens with two attached hydrogens (primary N) is 1. The molecule has 0 saturated carbocycles. The molecule has 2 fully saturated rings. The molecule has 206 valence electrons. The van der Waals surface area contributed by atoms with Gasteiger partial charge in [-0.05, 0) is 26.0 Å². The average Bonchev–Trinajstić information content (AvgIpc) is 3.16. The van der Waals surface area contributed by atoms with Crippen LogP contribution in [0.1, 0.15) is 44.0 Å². The number of nitrogens with zero attached hydrogens (tertiary/aromatic N) is 6. The lowest BCUT2D eigenvalue weighted by atomic mass is 9.83. The Labute approximate surface area is 236 Å². The minimum absolute atomic E-state index is 0.171. The molecule has 3 aliphatic heterocycles. The van der Waals surface area contributed by atoms with E-state index in [1.54, 1.807) is 18.6 Å². The molecule has 1 atom stereocenters. The van der Waals surface area contributed by atoms with Gasteiger partial charge in [0.25, 0.3) is 0 Å². The Morgan fingerprint density at radius 3 is 2.59 bits per heavy atom. The van der Waals surface area contributed by atoms with E-state index in [0.29, 0.717) is 72.3 Å². The monoisotopic (exact) mass is 569 g/mol. The van der Waals surface area contributed by atoms with Gasteiger partial charge in [-0.15, -0.1) is 0 Å². The number of ether oxygens (including phenoxy) is 1. The smallest absolute Gasteiger partial charge is 0.218 e. The lowest BCUT2D eigenvalue weighted by Gasteiger charge is -2.46. The number of hydrogen-bond donors (Lipinski definition) is 3. The summed E-state index contributed by atoms with van der Waals surface area (Å²) >= 11 is 8.13. The molecule has 0 aliphatic carbocycles. The largest absolute Gasteiger partial charge is 0.469 e. The number of fused-ring (bicyclic) bond motifs is 1. The fourth-order valence-corrected chi connectivity index (χ4v) is 6.67. The van der Waals surface area contributed by atoms with Crippen LogP contribution in [0.15, 0.2) is 46.7 Å². The van der Waals surface area contributed by atoms with Crippen LogP contribution in [0, 0.1) is 5.92 Å². The lowest BCUT2D eigenvalue weighted by molar-refractivity contribution is 0.00437. The van der Waals surface area contributed by atoms with Crippen LogP contribution in [-0.4, -0.2) is 67.5 Å². The maximum Gasteiger partial charge on any atom is 0.218 e. The minimum Gasteiger partial charge on any atom is -0.469 e. The second-order valence-corrected chi connectivity index (χ2v) is 12.4. The predicted octanol–water partition coefficient (Wildman–Crippen LogP) is 3.20. The van der Waals surface area contributed by atoms with Gasteiger partial charge >= 0.3 is 0 Å². The van der Waals surface area contributed by atoms with Crippen molar-refractivity contribution in [3.8, 4) is 5.88 Å². The fourth-order valence-electron chi connectivity index (χ4n) is 5.52. The van der Waals surface area contributed by atoms with Crippen LogP contribution in [0.2, 0.25) is 5.02 Å². The third-order valence-electron chi connectivity index (χ3n) is 8.09. The highest BCUT2D eigenvalue weighted by Gasteiger charge is 2.49. The number of anilines is 2. The minimum atomic E-state index is -0.735. The third-order valence-corrected chi connectivity index (χ3v) is 9.54. The highest BCUT2D eigenvalue weighted by Crippen LogP contribution is 2.46. The first-order valence-corrected chi connectivity index (χ1v) is 14.3. The van der Waals surface area contributed by atoms with Crippen LogP contribution in [-0.2, 0) is 6.61 Å². The molecule has 3 aromatic rings. The first-order chi connectivity index (χ1) is 18.7. The van der Waals surface area contributed by atoms with Crippen LogP contribution >= 0.6 is 23.4 Å². The number of aliphatic hydroxyl groups excluding tert-OH is 1. The molecule has 10 nitrogen and oxygen atoms in total. The summed E-state index contributed by atoms with van der Waals surface area (Å²) in [5, 5.41) is 21.6. The van der Waals surface area contributed by atoms with Crippen LogP contribution < -0.4 is 20.3 Å². The molecule has 0 bridgehead atoms. The van der Waals surface area contributed by atoms with Crippen molar-refractivity contribution in [3.63, 3.8) is 0 Å². The van der Waals surface area contributed by atoms with E-state index in [4.69, 9.17) is 32.0 Å². The van der Waals surface area contributed by atoms with Gasteiger partial charge < -0.3 is 30.5 Å². The average molecular weight is 570 g/mol. The highest BCUT2D eigenvalue weighted by atomic mass is 35.5. The van der Waals surface area contributed by atoms with Gasteiger partial charge in [0.05, 0.1) is 29.5 Å². The van der Waals surface area contributed by atoms with Gasteiger partial charge in [-0.2, -0.15) is 0 Å². The Morgan fingerprint density at radius 1 is 1.13 bits per heavy atom. The van der Waals surface area contributed by atoms with Gasteiger partial charge in [0.15, 0.2) is 5.82 Å². The maximum absolute atomic E-state index is 10.3. The molecule has 0 unspecified atom stereocenters. The number of pyridine rings is 2. The van der Waals surface area contributed by atoms with Gasteiger partial charge in [-0.1, -0.05) is 29.4 Å². The molecule has 3 aliphatic rings. The zero-order valence-electron chi connectivity index (χ0n) is 21.9. The van der Waals surface area contributed by atoms with Crippen LogP contribution in [0.25, 0.3) is 0 Å². The van der Waals surface area contributed by atoms with E-state index in [0.717, 1.165) is 10.5 Å². The molecule has 39 heavy (non-hydrogen) atoms. The summed E-state index contributed by atoms with van der Waals surface area (Å²) in [6.45, 7) is 6.17. The Kier molecular flexibility index (Phi) is 6.83. The van der Waals surface area contributed by atoms with E-state index in [-0.39, 0.29) is 18.6 Å². The molecule has 0 amide bonds. The normalized spacial score (nSPS) is 20.6. The Bertz CT molecular complexity index is 1370. The topological polar surface area (TPSA) is 134 Å². The van der Waals surface area contributed by atoms with E-state index in [1.165, 1.54) is 11.8 Å². The summed E-state index contributed by atoms with van der Waals surface area (Å²) in [6, 6.07) is 5.49. The van der Waals surface area contributed by atoms with E-state index in [9.17, 15) is 10.2 Å². The summed E-state index contributed by atoms with van der Waals surface area (Å²) in [4.78, 5) is 23.2. The predicted molar refractivity (Wildman–Crippen MR) is 149 cm³/mol. The Balaban J connectivity index is 1.14.